The lowest BCUT2D eigenvalue weighted by Gasteiger charge is -2.11. The van der Waals surface area contributed by atoms with Crippen molar-refractivity contribution in [2.45, 2.75) is 28.4 Å². The number of nitrogens with one attached hydrogen (secondary N) is 1. The van der Waals surface area contributed by atoms with Crippen molar-refractivity contribution >= 4 is 35.1 Å². The van der Waals surface area contributed by atoms with E-state index in [1.54, 1.807) is 24.2 Å². The summed E-state index contributed by atoms with van der Waals surface area (Å²) >= 11 is 3.00. The number of para-hydroxylation sites is 1. The van der Waals surface area contributed by atoms with Crippen LogP contribution in [0.4, 0.5) is 5.69 Å². The largest absolute Gasteiger partial charge is 0.324 e. The lowest BCUT2D eigenvalue weighted by atomic mass is 10.3. The van der Waals surface area contributed by atoms with E-state index in [9.17, 15) is 4.79 Å². The molecule has 0 atom stereocenters. The van der Waals surface area contributed by atoms with Gasteiger partial charge in [0.05, 0.1) is 11.4 Å². The summed E-state index contributed by atoms with van der Waals surface area (Å²) in [5.74, 6) is 0.915. The predicted molar refractivity (Wildman–Crippen MR) is 125 cm³/mol. The Labute approximate surface area is 189 Å². The van der Waals surface area contributed by atoms with Crippen LogP contribution in [0.2, 0.25) is 0 Å². The van der Waals surface area contributed by atoms with Gasteiger partial charge in [0.2, 0.25) is 5.91 Å². The first-order valence-corrected chi connectivity index (χ1v) is 11.6. The van der Waals surface area contributed by atoms with Crippen molar-refractivity contribution in [1.29, 1.82) is 0 Å². The molecule has 2 aromatic heterocycles. The molecule has 8 heteroatoms. The summed E-state index contributed by atoms with van der Waals surface area (Å²) in [6, 6.07) is 21.7. The quantitative estimate of drug-likeness (QED) is 0.372. The van der Waals surface area contributed by atoms with Gasteiger partial charge in [-0.15, -0.1) is 10.2 Å². The van der Waals surface area contributed by atoms with Crippen LogP contribution >= 0.6 is 23.5 Å². The first-order valence-electron chi connectivity index (χ1n) is 9.82. The molecule has 4 rings (SSSR count). The number of hydrogen-bond donors (Lipinski definition) is 1. The highest BCUT2D eigenvalue weighted by Crippen LogP contribution is 2.33. The lowest BCUT2D eigenvalue weighted by molar-refractivity contribution is -0.113. The van der Waals surface area contributed by atoms with E-state index in [4.69, 9.17) is 0 Å². The Morgan fingerprint density at radius 2 is 1.81 bits per heavy atom. The Kier molecular flexibility index (Phi) is 7.01. The van der Waals surface area contributed by atoms with Crippen molar-refractivity contribution in [3.8, 4) is 11.4 Å². The molecule has 2 aromatic carbocycles. The molecule has 1 N–H and O–H groups in total. The lowest BCUT2D eigenvalue weighted by Crippen LogP contribution is -2.15. The van der Waals surface area contributed by atoms with Gasteiger partial charge in [-0.3, -0.25) is 9.78 Å². The van der Waals surface area contributed by atoms with Gasteiger partial charge >= 0.3 is 0 Å². The summed E-state index contributed by atoms with van der Waals surface area (Å²) in [7, 11) is 0. The number of pyridine rings is 1. The van der Waals surface area contributed by atoms with Crippen LogP contribution in [-0.4, -0.2) is 31.4 Å². The maximum Gasteiger partial charge on any atom is 0.234 e. The minimum absolute atomic E-state index is 0.0836. The average molecular weight is 448 g/mol. The second-order valence-electron chi connectivity index (χ2n) is 6.54. The standard InChI is InChI=1S/C23H21N5OS2/c1-2-28-22(17-9-8-14-24-15-17)26-27-23(28)30-16-21(29)25-19-12-6-7-13-20(19)31-18-10-4-3-5-11-18/h3-15H,2,16H2,1H3,(H,25,29). The van der Waals surface area contributed by atoms with E-state index in [1.165, 1.54) is 11.8 Å². The molecular formula is C23H21N5OS2. The fourth-order valence-electron chi connectivity index (χ4n) is 2.98. The van der Waals surface area contributed by atoms with Gasteiger partial charge in [0.25, 0.3) is 0 Å². The fraction of sp³-hybridized carbons (Fsp3) is 0.130. The Hall–Kier alpha value is -3.10. The fourth-order valence-corrected chi connectivity index (χ4v) is 4.71. The van der Waals surface area contributed by atoms with Crippen molar-refractivity contribution in [3.63, 3.8) is 0 Å². The van der Waals surface area contributed by atoms with E-state index in [-0.39, 0.29) is 11.7 Å². The van der Waals surface area contributed by atoms with Crippen molar-refractivity contribution in [1.82, 2.24) is 19.7 Å². The number of hydrogen-bond acceptors (Lipinski definition) is 6. The number of amides is 1. The SMILES string of the molecule is CCn1c(SCC(=O)Nc2ccccc2Sc2ccccc2)nnc1-c1cccnc1. The number of carbonyl (C=O) groups is 1. The summed E-state index contributed by atoms with van der Waals surface area (Å²) in [5.41, 5.74) is 1.70. The second-order valence-corrected chi connectivity index (χ2v) is 8.60. The third-order valence-corrected chi connectivity index (χ3v) is 6.47. The number of nitrogens with zero attached hydrogens (tertiary/aromatic N) is 4. The van der Waals surface area contributed by atoms with E-state index in [1.807, 2.05) is 66.1 Å². The summed E-state index contributed by atoms with van der Waals surface area (Å²) in [5, 5.41) is 12.3. The van der Waals surface area contributed by atoms with Gasteiger partial charge in [0.15, 0.2) is 11.0 Å². The van der Waals surface area contributed by atoms with E-state index >= 15 is 0 Å². The molecule has 0 fully saturated rings. The van der Waals surface area contributed by atoms with Crippen molar-refractivity contribution < 1.29 is 4.79 Å². The molecule has 6 nitrogen and oxygen atoms in total. The second kappa shape index (κ2) is 10.3. The number of thioether (sulfide) groups is 1. The van der Waals surface area contributed by atoms with E-state index in [0.29, 0.717) is 11.7 Å². The molecule has 31 heavy (non-hydrogen) atoms. The van der Waals surface area contributed by atoms with Gasteiger partial charge in [0, 0.05) is 34.3 Å². The van der Waals surface area contributed by atoms with Crippen LogP contribution in [0.3, 0.4) is 0 Å². The van der Waals surface area contributed by atoms with Crippen LogP contribution < -0.4 is 5.32 Å². The Morgan fingerprint density at radius 1 is 1.00 bits per heavy atom. The van der Waals surface area contributed by atoms with Crippen molar-refractivity contribution in [2.75, 3.05) is 11.1 Å². The van der Waals surface area contributed by atoms with Crippen molar-refractivity contribution in [3.05, 3.63) is 79.1 Å². The highest BCUT2D eigenvalue weighted by molar-refractivity contribution is 8.00. The van der Waals surface area contributed by atoms with Gasteiger partial charge in [-0.2, -0.15) is 0 Å². The molecule has 0 aliphatic carbocycles. The number of carbonyl (C=O) groups excluding carboxylic acids is 1. The van der Waals surface area contributed by atoms with Crippen LogP contribution in [0.5, 0.6) is 0 Å². The highest BCUT2D eigenvalue weighted by atomic mass is 32.2. The molecule has 0 aliphatic rings. The molecule has 0 radical (unpaired) electrons. The van der Waals surface area contributed by atoms with Crippen LogP contribution in [0.25, 0.3) is 11.4 Å². The monoisotopic (exact) mass is 447 g/mol. The first-order chi connectivity index (χ1) is 15.2. The Morgan fingerprint density at radius 3 is 2.58 bits per heavy atom. The molecule has 2 heterocycles. The van der Waals surface area contributed by atoms with Crippen LogP contribution in [0.15, 0.2) is 94.1 Å². The normalized spacial score (nSPS) is 10.7. The van der Waals surface area contributed by atoms with E-state index in [2.05, 4.69) is 32.6 Å². The smallest absolute Gasteiger partial charge is 0.234 e. The van der Waals surface area contributed by atoms with Crippen LogP contribution in [0, 0.1) is 0 Å². The molecule has 156 valence electrons. The molecule has 0 saturated heterocycles. The average Bonchev–Trinajstić information content (AvgIpc) is 3.23. The number of anilines is 1. The van der Waals surface area contributed by atoms with Gasteiger partial charge in [-0.1, -0.05) is 53.9 Å². The molecule has 0 aliphatic heterocycles. The van der Waals surface area contributed by atoms with Crippen LogP contribution in [-0.2, 0) is 11.3 Å². The maximum atomic E-state index is 12.7. The summed E-state index contributed by atoms with van der Waals surface area (Å²) in [4.78, 5) is 18.9. The molecule has 1 amide bonds. The van der Waals surface area contributed by atoms with Gasteiger partial charge < -0.3 is 9.88 Å². The first kappa shape index (κ1) is 21.1. The number of aromatic nitrogens is 4. The summed E-state index contributed by atoms with van der Waals surface area (Å²) in [6.45, 7) is 2.74. The van der Waals surface area contributed by atoms with Gasteiger partial charge in [0.1, 0.15) is 0 Å². The predicted octanol–water partition coefficient (Wildman–Crippen LogP) is 5.24. The zero-order chi connectivity index (χ0) is 21.5. The summed E-state index contributed by atoms with van der Waals surface area (Å²) < 4.78 is 1.99. The topological polar surface area (TPSA) is 72.7 Å². The minimum Gasteiger partial charge on any atom is -0.324 e. The van der Waals surface area contributed by atoms with E-state index < -0.39 is 0 Å². The van der Waals surface area contributed by atoms with Gasteiger partial charge in [-0.25, -0.2) is 0 Å². The maximum absolute atomic E-state index is 12.7. The molecule has 4 aromatic rings. The summed E-state index contributed by atoms with van der Waals surface area (Å²) in [6.07, 6.45) is 3.49. The zero-order valence-electron chi connectivity index (χ0n) is 16.9. The minimum atomic E-state index is -0.0836. The number of benzene rings is 2. The molecule has 0 bridgehead atoms. The van der Waals surface area contributed by atoms with Crippen molar-refractivity contribution in [2.24, 2.45) is 0 Å². The highest BCUT2D eigenvalue weighted by Gasteiger charge is 2.15. The molecule has 0 spiro atoms. The van der Waals surface area contributed by atoms with Gasteiger partial charge in [-0.05, 0) is 43.3 Å². The van der Waals surface area contributed by atoms with E-state index in [0.717, 1.165) is 26.9 Å². The molecule has 0 saturated carbocycles. The third kappa shape index (κ3) is 5.34. The van der Waals surface area contributed by atoms with Crippen LogP contribution in [0.1, 0.15) is 6.92 Å². The Bertz CT molecular complexity index is 1150. The third-order valence-electron chi connectivity index (χ3n) is 4.42. The number of rotatable bonds is 8. The molecular weight excluding hydrogens is 426 g/mol. The molecule has 0 unspecified atom stereocenters. The zero-order valence-corrected chi connectivity index (χ0v) is 18.6. The Balaban J connectivity index is 1.42.